The Kier molecular flexibility index (Phi) is 26.8. The molecule has 0 spiro atoms. The molecule has 214 valence electrons. The number of Topliss-reactive ketones (excluding diaryl/α,β-unsaturated/α-hetero) is 1. The van der Waals surface area contributed by atoms with E-state index in [-0.39, 0.29) is 69.0 Å². The Balaban J connectivity index is -0.000000216. The number of carbonyl (C=O) groups is 2. The van der Waals surface area contributed by atoms with Gasteiger partial charge in [0.1, 0.15) is 12.7 Å². The van der Waals surface area contributed by atoms with E-state index >= 15 is 0 Å². The SMILES string of the molecule is C.C.C.C.C.C.CCC(OC)C(=O)OCc1c2ccccc2cc2ccccc12.CCC(OC)C(C)=O. The van der Waals surface area contributed by atoms with Gasteiger partial charge < -0.3 is 14.2 Å². The molecule has 2 atom stereocenters. The lowest BCUT2D eigenvalue weighted by atomic mass is 9.97. The van der Waals surface area contributed by atoms with Gasteiger partial charge in [0.2, 0.25) is 0 Å². The first-order chi connectivity index (χ1) is 15.0. The van der Waals surface area contributed by atoms with E-state index < -0.39 is 6.10 Å². The number of carbonyl (C=O) groups excluding carboxylic acids is 2. The van der Waals surface area contributed by atoms with Crippen LogP contribution in [0.3, 0.4) is 0 Å². The molecule has 0 aliphatic rings. The maximum Gasteiger partial charge on any atom is 0.335 e. The average molecular weight is 521 g/mol. The van der Waals surface area contributed by atoms with E-state index in [1.54, 1.807) is 7.11 Å². The molecule has 3 aromatic carbocycles. The fourth-order valence-electron chi connectivity index (χ4n) is 3.55. The van der Waals surface area contributed by atoms with Gasteiger partial charge >= 0.3 is 5.97 Å². The van der Waals surface area contributed by atoms with Crippen molar-refractivity contribution in [3.05, 3.63) is 60.2 Å². The van der Waals surface area contributed by atoms with Crippen LogP contribution in [0.1, 0.15) is 83.7 Å². The second-order valence-electron chi connectivity index (χ2n) is 7.28. The molecule has 0 bridgehead atoms. The molecule has 5 heteroatoms. The number of ether oxygens (including phenoxy) is 3. The summed E-state index contributed by atoms with van der Waals surface area (Å²) in [5, 5.41) is 4.53. The van der Waals surface area contributed by atoms with Crippen LogP contribution in [0, 0.1) is 0 Å². The fourth-order valence-corrected chi connectivity index (χ4v) is 3.55. The van der Waals surface area contributed by atoms with Crippen LogP contribution in [0.4, 0.5) is 0 Å². The number of hydrogen-bond acceptors (Lipinski definition) is 5. The normalized spacial score (nSPS) is 10.6. The van der Waals surface area contributed by atoms with Crippen molar-refractivity contribution in [2.75, 3.05) is 14.2 Å². The molecule has 37 heavy (non-hydrogen) atoms. The van der Waals surface area contributed by atoms with Crippen LogP contribution in [0.15, 0.2) is 54.6 Å². The number of hydrogen-bond donors (Lipinski definition) is 0. The second-order valence-corrected chi connectivity index (χ2v) is 7.28. The van der Waals surface area contributed by atoms with E-state index in [2.05, 4.69) is 30.3 Å². The summed E-state index contributed by atoms with van der Waals surface area (Å²) >= 11 is 0. The van der Waals surface area contributed by atoms with Gasteiger partial charge in [-0.2, -0.15) is 0 Å². The first kappa shape index (κ1) is 44.2. The van der Waals surface area contributed by atoms with Crippen molar-refractivity contribution >= 4 is 33.3 Å². The quantitative estimate of drug-likeness (QED) is 0.219. The number of esters is 1. The summed E-state index contributed by atoms with van der Waals surface area (Å²) in [5.41, 5.74) is 1.04. The van der Waals surface area contributed by atoms with E-state index in [4.69, 9.17) is 14.2 Å². The molecule has 0 aromatic heterocycles. The summed E-state index contributed by atoms with van der Waals surface area (Å²) < 4.78 is 15.5. The summed E-state index contributed by atoms with van der Waals surface area (Å²) in [6.45, 7) is 5.62. The molecule has 0 N–H and O–H groups in total. The van der Waals surface area contributed by atoms with E-state index in [0.29, 0.717) is 6.42 Å². The number of methoxy groups -OCH3 is 2. The van der Waals surface area contributed by atoms with Crippen LogP contribution in [-0.2, 0) is 30.4 Å². The smallest absolute Gasteiger partial charge is 0.335 e. The van der Waals surface area contributed by atoms with Gasteiger partial charge in [-0.25, -0.2) is 4.79 Å². The molecule has 3 aromatic rings. The molecule has 0 fully saturated rings. The topological polar surface area (TPSA) is 61.8 Å². The van der Waals surface area contributed by atoms with Crippen LogP contribution >= 0.6 is 0 Å². The highest BCUT2D eigenvalue weighted by Gasteiger charge is 2.18. The number of benzene rings is 3. The van der Waals surface area contributed by atoms with Gasteiger partial charge in [-0.05, 0) is 47.4 Å². The van der Waals surface area contributed by atoms with Gasteiger partial charge in [-0.1, -0.05) is 107 Å². The van der Waals surface area contributed by atoms with Gasteiger partial charge in [0.15, 0.2) is 11.9 Å². The van der Waals surface area contributed by atoms with Crippen molar-refractivity contribution in [1.29, 1.82) is 0 Å². The van der Waals surface area contributed by atoms with Crippen molar-refractivity contribution < 1.29 is 23.8 Å². The summed E-state index contributed by atoms with van der Waals surface area (Å²) in [7, 11) is 3.08. The summed E-state index contributed by atoms with van der Waals surface area (Å²) in [4.78, 5) is 22.6. The molecule has 0 aliphatic heterocycles. The molecule has 2 unspecified atom stereocenters. The molecule has 0 amide bonds. The Morgan fingerprint density at radius 2 is 1.11 bits per heavy atom. The second kappa shape index (κ2) is 22.4. The van der Waals surface area contributed by atoms with E-state index in [1.807, 2.05) is 38.1 Å². The Hall–Kier alpha value is -2.76. The van der Waals surface area contributed by atoms with Crippen molar-refractivity contribution in [2.24, 2.45) is 0 Å². The molecule has 0 aliphatic carbocycles. The molecule has 0 saturated carbocycles. The highest BCUT2D eigenvalue weighted by Crippen LogP contribution is 2.29. The van der Waals surface area contributed by atoms with E-state index in [1.165, 1.54) is 14.0 Å². The summed E-state index contributed by atoms with van der Waals surface area (Å²) in [5.74, 6) is -0.206. The molecule has 3 rings (SSSR count). The van der Waals surface area contributed by atoms with Gasteiger partial charge in [-0.15, -0.1) is 0 Å². The highest BCUT2D eigenvalue weighted by atomic mass is 16.6. The summed E-state index contributed by atoms with van der Waals surface area (Å²) in [6, 6.07) is 18.5. The highest BCUT2D eigenvalue weighted by molar-refractivity contribution is 6.02. The Morgan fingerprint density at radius 1 is 0.703 bits per heavy atom. The molecular formula is C32H56O5. The molecule has 0 saturated heterocycles. The van der Waals surface area contributed by atoms with Crippen molar-refractivity contribution in [1.82, 2.24) is 0 Å². The molecular weight excluding hydrogens is 464 g/mol. The van der Waals surface area contributed by atoms with Gasteiger partial charge in [0, 0.05) is 19.8 Å². The van der Waals surface area contributed by atoms with Crippen molar-refractivity contribution in [3.63, 3.8) is 0 Å². The van der Waals surface area contributed by atoms with Crippen LogP contribution in [-0.4, -0.2) is 38.2 Å². The predicted octanol–water partition coefficient (Wildman–Crippen LogP) is 9.28. The minimum absolute atomic E-state index is 0. The average Bonchev–Trinajstić information content (AvgIpc) is 2.78. The molecule has 0 radical (unpaired) electrons. The zero-order valence-electron chi connectivity index (χ0n) is 19.0. The van der Waals surface area contributed by atoms with Gasteiger partial charge in [0.25, 0.3) is 0 Å². The first-order valence-corrected chi connectivity index (χ1v) is 10.6. The summed E-state index contributed by atoms with van der Waals surface area (Å²) in [6.07, 6.45) is 0.684. The van der Waals surface area contributed by atoms with E-state index in [0.717, 1.165) is 33.5 Å². The minimum atomic E-state index is -0.503. The third kappa shape index (κ3) is 11.9. The van der Waals surface area contributed by atoms with E-state index in [9.17, 15) is 9.59 Å². The Labute approximate surface area is 228 Å². The Bertz CT molecular complexity index is 950. The maximum atomic E-state index is 12.1. The zero-order chi connectivity index (χ0) is 22.8. The number of fused-ring (bicyclic) bond motifs is 2. The van der Waals surface area contributed by atoms with Crippen LogP contribution < -0.4 is 0 Å². The molecule has 0 heterocycles. The van der Waals surface area contributed by atoms with Crippen LogP contribution in [0.2, 0.25) is 0 Å². The number of ketones is 1. The lowest BCUT2D eigenvalue weighted by Crippen LogP contribution is -2.24. The monoisotopic (exact) mass is 520 g/mol. The lowest BCUT2D eigenvalue weighted by molar-refractivity contribution is -0.156. The first-order valence-electron chi connectivity index (χ1n) is 10.6. The third-order valence-corrected chi connectivity index (χ3v) is 5.27. The standard InChI is InChI=1S/C20H20O3.C6H12O2.6CH4/c1-3-19(22-2)20(21)23-13-18-16-10-6-4-8-14(16)12-15-9-5-7-11-17(15)18;1-4-6(8-3)5(2)7;;;;;;/h4-12,19H,3,13H2,1-2H3;6H,4H2,1-3H3;6*1H4. The van der Waals surface area contributed by atoms with Crippen LogP contribution in [0.25, 0.3) is 21.5 Å². The predicted molar refractivity (Wildman–Crippen MR) is 164 cm³/mol. The van der Waals surface area contributed by atoms with Gasteiger partial charge in [-0.3, -0.25) is 4.79 Å². The minimum Gasteiger partial charge on any atom is -0.459 e. The lowest BCUT2D eigenvalue weighted by Gasteiger charge is -2.15. The number of rotatable bonds is 8. The maximum absolute atomic E-state index is 12.1. The largest absolute Gasteiger partial charge is 0.459 e. The van der Waals surface area contributed by atoms with Crippen molar-refractivity contribution in [3.8, 4) is 0 Å². The zero-order valence-corrected chi connectivity index (χ0v) is 19.0. The molecule has 5 nitrogen and oxygen atoms in total. The Morgan fingerprint density at radius 3 is 1.43 bits per heavy atom. The third-order valence-electron chi connectivity index (χ3n) is 5.27. The van der Waals surface area contributed by atoms with Gasteiger partial charge in [0.05, 0.1) is 0 Å². The fraction of sp³-hybridized carbons (Fsp3) is 0.500. The van der Waals surface area contributed by atoms with Crippen molar-refractivity contribution in [2.45, 2.75) is 97.0 Å². The van der Waals surface area contributed by atoms with Crippen LogP contribution in [0.5, 0.6) is 0 Å².